The number of halogens is 1. The minimum atomic E-state index is -1.21. The minimum absolute atomic E-state index is 0.00356. The first-order chi connectivity index (χ1) is 36.9. The van der Waals surface area contributed by atoms with Crippen molar-refractivity contribution in [1.29, 1.82) is 0 Å². The maximum atomic E-state index is 13.6. The Kier molecular flexibility index (Phi) is 14.7. The van der Waals surface area contributed by atoms with Crippen LogP contribution in [0, 0.1) is 0 Å². The molecule has 0 bridgehead atoms. The highest BCUT2D eigenvalue weighted by Crippen LogP contribution is 2.41. The number of carbonyl (C=O) groups is 2. The number of benzene rings is 2. The lowest BCUT2D eigenvalue weighted by atomic mass is 9.91. The van der Waals surface area contributed by atoms with Gasteiger partial charge >= 0.3 is 6.03 Å². The van der Waals surface area contributed by atoms with Crippen molar-refractivity contribution >= 4 is 63.5 Å². The van der Waals surface area contributed by atoms with E-state index in [9.17, 15) is 35.1 Å². The van der Waals surface area contributed by atoms with Crippen molar-refractivity contribution in [3.8, 4) is 0 Å². The van der Waals surface area contributed by atoms with Crippen molar-refractivity contribution in [3.63, 3.8) is 0 Å². The highest BCUT2D eigenvalue weighted by atomic mass is 35.5. The van der Waals surface area contributed by atoms with Gasteiger partial charge in [-0.15, -0.1) is 0 Å². The maximum absolute atomic E-state index is 13.6. The molecule has 3 aliphatic carbocycles. The molecule has 25 heteroatoms. The van der Waals surface area contributed by atoms with Crippen molar-refractivity contribution in [2.24, 2.45) is 0 Å². The molecule has 76 heavy (non-hydrogen) atoms. The van der Waals surface area contributed by atoms with E-state index in [0.29, 0.717) is 84.5 Å². The van der Waals surface area contributed by atoms with Gasteiger partial charge in [-0.25, -0.2) is 14.8 Å². The normalized spacial score (nSPS) is 26.6. The quantitative estimate of drug-likeness (QED) is 0.0622. The Morgan fingerprint density at radius 3 is 2.00 bits per heavy atom. The molecule has 7 aromatic rings. The van der Waals surface area contributed by atoms with E-state index >= 15 is 0 Å². The average molecular weight is 1060 g/mol. The summed E-state index contributed by atoms with van der Waals surface area (Å²) in [7, 11) is 0. The number of aromatic nitrogens is 11. The van der Waals surface area contributed by atoms with Crippen LogP contribution in [0.25, 0.3) is 22.3 Å². The number of hydrogen-bond acceptors (Lipinski definition) is 18. The number of anilines is 3. The summed E-state index contributed by atoms with van der Waals surface area (Å²) in [6.07, 6.45) is 4.15. The fourth-order valence-corrected chi connectivity index (χ4v) is 11.6. The number of imidazole rings is 2. The third-order valence-corrected chi connectivity index (χ3v) is 15.7. The molecule has 10 N–H and O–H groups in total. The summed E-state index contributed by atoms with van der Waals surface area (Å²) >= 11 is 6.44. The lowest BCUT2D eigenvalue weighted by Crippen LogP contribution is -2.48. The number of rotatable bonds is 16. The number of aliphatic hydroxyl groups excluding tert-OH is 5. The van der Waals surface area contributed by atoms with E-state index in [1.165, 1.54) is 11.0 Å². The summed E-state index contributed by atoms with van der Waals surface area (Å²) < 4.78 is 3.46. The number of nitrogens with zero attached hydrogens (tertiary/aromatic N) is 12. The maximum Gasteiger partial charge on any atom is 0.315 e. The van der Waals surface area contributed by atoms with Gasteiger partial charge in [0.1, 0.15) is 36.2 Å². The zero-order chi connectivity index (χ0) is 52.6. The number of carbonyl (C=O) groups excluding carboxylic acids is 2. The fourth-order valence-electron chi connectivity index (χ4n) is 11.5. The Balaban J connectivity index is 0.752. The summed E-state index contributed by atoms with van der Waals surface area (Å²) in [5.74, 6) is 1.11. The van der Waals surface area contributed by atoms with E-state index in [-0.39, 0.29) is 67.1 Å². The third-order valence-electron chi connectivity index (χ3n) is 15.6. The van der Waals surface area contributed by atoms with Crippen LogP contribution in [0.15, 0.2) is 79.5 Å². The minimum Gasteiger partial charge on any atom is -0.390 e. The van der Waals surface area contributed by atoms with Gasteiger partial charge in [-0.1, -0.05) is 67.6 Å². The number of nitrogens with one attached hydrogen (secondary N) is 5. The number of urea groups is 1. The predicted octanol–water partition coefficient (Wildman–Crippen LogP) is 2.72. The van der Waals surface area contributed by atoms with Crippen LogP contribution >= 0.6 is 11.6 Å². The first-order valence-electron chi connectivity index (χ1n) is 26.0. The Labute approximate surface area is 441 Å². The molecule has 0 spiro atoms. The second-order valence-corrected chi connectivity index (χ2v) is 20.7. The topological polar surface area (TPSA) is 317 Å². The first kappa shape index (κ1) is 51.0. The molecule has 24 nitrogen and oxygen atoms in total. The Morgan fingerprint density at radius 1 is 0.711 bits per heavy atom. The van der Waals surface area contributed by atoms with E-state index < -0.39 is 48.6 Å². The molecule has 1 saturated heterocycles. The monoisotopic (exact) mass is 1060 g/mol. The molecular formula is C51H62ClN17O7. The van der Waals surface area contributed by atoms with Crippen molar-refractivity contribution in [3.05, 3.63) is 102 Å². The third kappa shape index (κ3) is 10.3. The van der Waals surface area contributed by atoms with Crippen molar-refractivity contribution in [1.82, 2.24) is 70.0 Å². The SMILES string of the molecule is CCC(=O)N[C@H]1C[C@@H](n2cnc3c(NC4CCC(NC(=O)N[C@@H]5CCN(c6nc(NCC(c7ccccc7)c7ccccc7)c7ncn([C@@H]8C[C@H](n9ncc(CO)n9)[C@@H](O)[C@H]8O)c7n6)C5)CC4)nc(Cl)nc32)[C@H](O)[C@@H]1O. The number of hydrogen-bond donors (Lipinski definition) is 10. The van der Waals surface area contributed by atoms with Gasteiger partial charge in [0.05, 0.1) is 43.6 Å². The molecule has 4 aliphatic rings. The smallest absolute Gasteiger partial charge is 0.315 e. The molecule has 400 valence electrons. The van der Waals surface area contributed by atoms with E-state index in [1.807, 2.05) is 41.3 Å². The van der Waals surface area contributed by atoms with Gasteiger partial charge in [-0.3, -0.25) is 4.79 Å². The van der Waals surface area contributed by atoms with Crippen molar-refractivity contribution in [2.75, 3.05) is 35.2 Å². The second-order valence-electron chi connectivity index (χ2n) is 20.3. The first-order valence-corrected chi connectivity index (χ1v) is 26.4. The van der Waals surface area contributed by atoms with E-state index in [0.717, 1.165) is 24.0 Å². The van der Waals surface area contributed by atoms with Crippen LogP contribution in [0.1, 0.15) is 99.2 Å². The summed E-state index contributed by atoms with van der Waals surface area (Å²) in [5, 5.41) is 78.9. The van der Waals surface area contributed by atoms with Crippen molar-refractivity contribution in [2.45, 2.75) is 138 Å². The van der Waals surface area contributed by atoms with Crippen LogP contribution < -0.4 is 31.5 Å². The molecule has 1 aliphatic heterocycles. The largest absolute Gasteiger partial charge is 0.390 e. The summed E-state index contributed by atoms with van der Waals surface area (Å²) in [6.45, 7) is 2.89. The standard InChI is InChI=1S/C51H62ClN17O7/c1-2-38(71)60-34-19-35(42(73)41(34)72)67-26-55-40-46(61-49(52)63-47(40)67)57-29-13-15-30(16-14-29)58-51(76)59-31-17-18-66(23-31)50-62-45(53-22-33(27-9-5-3-6-10-27)28-11-7-4-8-12-28)39-48(64-50)68(25-54-39)36-20-37(44(75)43(36)74)69-56-21-32(24-70)65-69/h3-12,21,25-26,29-31,33-37,41-44,70,72-75H,2,13-20,22-24H2,1H3,(H,60,71)(H,53,62,64)(H,57,61,63)(H2,58,59,76)/t29?,30?,31-,34+,35-,36-,37+,41-,42+,43+,44-/m1/s1. The highest BCUT2D eigenvalue weighted by molar-refractivity contribution is 6.28. The van der Waals surface area contributed by atoms with Crippen LogP contribution in [-0.4, -0.2) is 160 Å². The Hall–Kier alpha value is -7.09. The average Bonchev–Trinajstić information content (AvgIpc) is 4.33. The second kappa shape index (κ2) is 21.9. The van der Waals surface area contributed by atoms with Crippen LogP contribution in [0.4, 0.5) is 22.4 Å². The van der Waals surface area contributed by atoms with Crippen LogP contribution in [-0.2, 0) is 11.4 Å². The molecule has 11 rings (SSSR count). The molecule has 3 amide bonds. The van der Waals surface area contributed by atoms with Crippen LogP contribution in [0.2, 0.25) is 5.28 Å². The van der Waals surface area contributed by atoms with Gasteiger partial charge in [-0.2, -0.15) is 34.9 Å². The Morgan fingerprint density at radius 2 is 1.33 bits per heavy atom. The van der Waals surface area contributed by atoms with Gasteiger partial charge in [0, 0.05) is 50.1 Å². The molecule has 4 fully saturated rings. The van der Waals surface area contributed by atoms with Crippen LogP contribution in [0.3, 0.4) is 0 Å². The molecule has 6 heterocycles. The molecule has 0 unspecified atom stereocenters. The van der Waals surface area contributed by atoms with Gasteiger partial charge in [0.25, 0.3) is 0 Å². The van der Waals surface area contributed by atoms with Gasteiger partial charge in [0.15, 0.2) is 34.0 Å². The van der Waals surface area contributed by atoms with Gasteiger partial charge in [-0.05, 0) is 67.7 Å². The van der Waals surface area contributed by atoms with Gasteiger partial charge < -0.3 is 66.2 Å². The number of aliphatic hydroxyl groups is 5. The Bertz CT molecular complexity index is 3120. The summed E-state index contributed by atoms with van der Waals surface area (Å²) in [5.41, 5.74) is 4.41. The zero-order valence-electron chi connectivity index (χ0n) is 41.7. The number of fused-ring (bicyclic) bond motifs is 2. The molecular weight excluding hydrogens is 998 g/mol. The lowest BCUT2D eigenvalue weighted by molar-refractivity contribution is -0.122. The van der Waals surface area contributed by atoms with E-state index in [2.05, 4.69) is 76.0 Å². The predicted molar refractivity (Wildman–Crippen MR) is 279 cm³/mol. The molecule has 2 aromatic carbocycles. The van der Waals surface area contributed by atoms with E-state index in [1.54, 1.807) is 28.7 Å². The zero-order valence-corrected chi connectivity index (χ0v) is 42.5. The highest BCUT2D eigenvalue weighted by Gasteiger charge is 2.46. The van der Waals surface area contributed by atoms with E-state index in [4.69, 9.17) is 26.6 Å². The van der Waals surface area contributed by atoms with Gasteiger partial charge in [0.2, 0.25) is 17.1 Å². The summed E-state index contributed by atoms with van der Waals surface area (Å²) in [4.78, 5) is 57.5. The molecule has 3 saturated carbocycles. The van der Waals surface area contributed by atoms with Crippen molar-refractivity contribution < 1.29 is 35.1 Å². The molecule has 9 atom stereocenters. The number of amides is 3. The molecule has 5 aromatic heterocycles. The fraction of sp³-hybridized carbons (Fsp3) is 0.490. The molecule has 0 radical (unpaired) electrons. The lowest BCUT2D eigenvalue weighted by Gasteiger charge is -2.30. The van der Waals surface area contributed by atoms with Crippen LogP contribution in [0.5, 0.6) is 0 Å². The summed E-state index contributed by atoms with van der Waals surface area (Å²) in [6, 6.07) is 17.4.